The van der Waals surface area contributed by atoms with Crippen LogP contribution in [0.25, 0.3) is 10.8 Å². The molecule has 5 heteroatoms. The van der Waals surface area contributed by atoms with Crippen molar-refractivity contribution in [1.82, 2.24) is 4.90 Å². The predicted octanol–water partition coefficient (Wildman–Crippen LogP) is 4.16. The number of rotatable bonds is 4. The van der Waals surface area contributed by atoms with Gasteiger partial charge in [-0.15, -0.1) is 0 Å². The molecular weight excluding hydrogens is 427 g/mol. The lowest BCUT2D eigenvalue weighted by Crippen LogP contribution is -2.35. The topological polar surface area (TPSA) is 49.4 Å². The van der Waals surface area contributed by atoms with E-state index in [1.807, 2.05) is 60.7 Å². The number of carbonyl (C=O) groups excluding carboxylic acids is 2. The lowest BCUT2D eigenvalue weighted by Gasteiger charge is -2.17. The van der Waals surface area contributed by atoms with E-state index in [2.05, 4.69) is 27.9 Å². The molecule has 0 heterocycles. The number of nitrogens with one attached hydrogen (secondary N) is 1. The number of carbonyl (C=O) groups is 2. The maximum Gasteiger partial charge on any atom is 0.254 e. The van der Waals surface area contributed by atoms with Crippen LogP contribution in [0.2, 0.25) is 0 Å². The van der Waals surface area contributed by atoms with Gasteiger partial charge in [-0.25, -0.2) is 0 Å². The normalized spacial score (nSPS) is 10.5. The summed E-state index contributed by atoms with van der Waals surface area (Å²) in [4.78, 5) is 26.2. The van der Waals surface area contributed by atoms with Crippen molar-refractivity contribution in [2.75, 3.05) is 18.9 Å². The molecule has 0 saturated heterocycles. The smallest absolute Gasteiger partial charge is 0.254 e. The Morgan fingerprint density at radius 1 is 1.00 bits per heavy atom. The van der Waals surface area contributed by atoms with Gasteiger partial charge in [0.1, 0.15) is 0 Å². The Hall–Kier alpha value is -2.41. The third-order valence-corrected chi connectivity index (χ3v) is 4.53. The first kappa shape index (κ1) is 17.4. The van der Waals surface area contributed by atoms with Gasteiger partial charge in [0, 0.05) is 27.3 Å². The molecule has 0 unspecified atom stereocenters. The zero-order valence-electron chi connectivity index (χ0n) is 13.7. The first-order valence-corrected chi connectivity index (χ1v) is 8.91. The van der Waals surface area contributed by atoms with Gasteiger partial charge in [-0.05, 0) is 52.2 Å². The van der Waals surface area contributed by atoms with Crippen LogP contribution in [0.15, 0.2) is 66.7 Å². The predicted molar refractivity (Wildman–Crippen MR) is 109 cm³/mol. The molecule has 0 radical (unpaired) electrons. The number of hydrogen-bond acceptors (Lipinski definition) is 2. The van der Waals surface area contributed by atoms with Crippen LogP contribution in [0, 0.1) is 3.57 Å². The van der Waals surface area contributed by atoms with Gasteiger partial charge in [-0.1, -0.05) is 42.5 Å². The van der Waals surface area contributed by atoms with Crippen LogP contribution in [-0.2, 0) is 4.79 Å². The second-order valence-electron chi connectivity index (χ2n) is 5.75. The lowest BCUT2D eigenvalue weighted by atomic mass is 10.1. The Morgan fingerprint density at radius 3 is 2.52 bits per heavy atom. The van der Waals surface area contributed by atoms with E-state index < -0.39 is 0 Å². The van der Waals surface area contributed by atoms with Crippen molar-refractivity contribution >= 4 is 50.9 Å². The molecule has 1 N–H and O–H groups in total. The highest BCUT2D eigenvalue weighted by Crippen LogP contribution is 2.22. The Labute approximate surface area is 160 Å². The Balaban J connectivity index is 1.70. The maximum atomic E-state index is 12.4. The van der Waals surface area contributed by atoms with Gasteiger partial charge < -0.3 is 10.2 Å². The van der Waals surface area contributed by atoms with E-state index >= 15 is 0 Å². The van der Waals surface area contributed by atoms with E-state index in [-0.39, 0.29) is 18.4 Å². The van der Waals surface area contributed by atoms with Gasteiger partial charge in [0.05, 0.1) is 6.54 Å². The number of hydrogen-bond donors (Lipinski definition) is 1. The quantitative estimate of drug-likeness (QED) is 0.615. The van der Waals surface area contributed by atoms with Crippen LogP contribution in [0.1, 0.15) is 10.4 Å². The largest absolute Gasteiger partial charge is 0.332 e. The number of halogens is 1. The number of anilines is 1. The molecule has 3 aromatic rings. The Bertz CT molecular complexity index is 934. The fourth-order valence-corrected chi connectivity index (χ4v) is 3.20. The summed E-state index contributed by atoms with van der Waals surface area (Å²) in [6, 6.07) is 20.9. The number of fused-ring (bicyclic) bond motifs is 1. The van der Waals surface area contributed by atoms with E-state index in [1.54, 1.807) is 13.1 Å². The monoisotopic (exact) mass is 444 g/mol. The Kier molecular flexibility index (Phi) is 5.33. The second-order valence-corrected chi connectivity index (χ2v) is 6.99. The summed E-state index contributed by atoms with van der Waals surface area (Å²) >= 11 is 2.16. The number of likely N-dealkylation sites (N-methyl/N-ethyl adjacent to an activating group) is 1. The molecule has 3 aromatic carbocycles. The van der Waals surface area contributed by atoms with Gasteiger partial charge in [0.25, 0.3) is 5.91 Å². The highest BCUT2D eigenvalue weighted by atomic mass is 127. The molecule has 0 aromatic heterocycles. The molecule has 0 aliphatic carbocycles. The molecule has 2 amide bonds. The summed E-state index contributed by atoms with van der Waals surface area (Å²) < 4.78 is 0.983. The summed E-state index contributed by atoms with van der Waals surface area (Å²) in [7, 11) is 1.63. The number of amides is 2. The molecule has 25 heavy (non-hydrogen) atoms. The molecular formula is C20H17IN2O2. The minimum Gasteiger partial charge on any atom is -0.332 e. The number of benzene rings is 3. The molecule has 126 valence electrons. The summed E-state index contributed by atoms with van der Waals surface area (Å²) in [6.07, 6.45) is 0. The molecule has 3 rings (SSSR count). The highest BCUT2D eigenvalue weighted by molar-refractivity contribution is 14.1. The average molecular weight is 444 g/mol. The standard InChI is InChI=1S/C20H17IN2O2/c1-23(20(25)15-8-4-9-16(21)12-15)13-19(24)22-18-11-5-7-14-6-2-3-10-17(14)18/h2-12H,13H2,1H3,(H,22,24). The third kappa shape index (κ3) is 4.17. The van der Waals surface area contributed by atoms with Gasteiger partial charge in [-0.3, -0.25) is 9.59 Å². The van der Waals surface area contributed by atoms with E-state index in [9.17, 15) is 9.59 Å². The van der Waals surface area contributed by atoms with Gasteiger partial charge in [-0.2, -0.15) is 0 Å². The van der Waals surface area contributed by atoms with E-state index in [0.717, 1.165) is 20.0 Å². The average Bonchev–Trinajstić information content (AvgIpc) is 2.61. The molecule has 4 nitrogen and oxygen atoms in total. The SMILES string of the molecule is CN(CC(=O)Nc1cccc2ccccc12)C(=O)c1cccc(I)c1. The van der Waals surface area contributed by atoms with Crippen molar-refractivity contribution in [2.45, 2.75) is 0 Å². The zero-order valence-corrected chi connectivity index (χ0v) is 15.9. The Morgan fingerprint density at radius 2 is 1.72 bits per heavy atom. The van der Waals surface area contributed by atoms with Crippen molar-refractivity contribution in [3.63, 3.8) is 0 Å². The summed E-state index contributed by atoms with van der Waals surface area (Å²) in [5.41, 5.74) is 1.32. The van der Waals surface area contributed by atoms with Gasteiger partial charge in [0.15, 0.2) is 0 Å². The minimum atomic E-state index is -0.224. The van der Waals surface area contributed by atoms with Crippen LogP contribution in [-0.4, -0.2) is 30.3 Å². The molecule has 0 aliphatic heterocycles. The first-order chi connectivity index (χ1) is 12.0. The van der Waals surface area contributed by atoms with Crippen molar-refractivity contribution in [2.24, 2.45) is 0 Å². The maximum absolute atomic E-state index is 12.4. The molecule has 0 fully saturated rings. The highest BCUT2D eigenvalue weighted by Gasteiger charge is 2.15. The van der Waals surface area contributed by atoms with Gasteiger partial charge >= 0.3 is 0 Å². The summed E-state index contributed by atoms with van der Waals surface area (Å²) in [5, 5.41) is 4.93. The van der Waals surface area contributed by atoms with Crippen LogP contribution in [0.4, 0.5) is 5.69 Å². The fourth-order valence-electron chi connectivity index (χ4n) is 2.65. The fraction of sp³-hybridized carbons (Fsp3) is 0.100. The lowest BCUT2D eigenvalue weighted by molar-refractivity contribution is -0.116. The van der Waals surface area contributed by atoms with Crippen molar-refractivity contribution < 1.29 is 9.59 Å². The summed E-state index contributed by atoms with van der Waals surface area (Å²) in [6.45, 7) is -0.00642. The first-order valence-electron chi connectivity index (χ1n) is 7.83. The van der Waals surface area contributed by atoms with Crippen molar-refractivity contribution in [1.29, 1.82) is 0 Å². The molecule has 0 saturated carbocycles. The van der Waals surface area contributed by atoms with Crippen LogP contribution >= 0.6 is 22.6 Å². The van der Waals surface area contributed by atoms with Crippen molar-refractivity contribution in [3.05, 3.63) is 75.9 Å². The van der Waals surface area contributed by atoms with E-state index in [0.29, 0.717) is 5.56 Å². The van der Waals surface area contributed by atoms with E-state index in [1.165, 1.54) is 4.90 Å². The number of nitrogens with zero attached hydrogens (tertiary/aromatic N) is 1. The van der Waals surface area contributed by atoms with Crippen LogP contribution in [0.5, 0.6) is 0 Å². The molecule has 0 bridgehead atoms. The minimum absolute atomic E-state index is 0.00642. The third-order valence-electron chi connectivity index (χ3n) is 3.86. The van der Waals surface area contributed by atoms with Crippen LogP contribution in [0.3, 0.4) is 0 Å². The van der Waals surface area contributed by atoms with Gasteiger partial charge in [0.2, 0.25) is 5.91 Å². The summed E-state index contributed by atoms with van der Waals surface area (Å²) in [5.74, 6) is -0.399. The van der Waals surface area contributed by atoms with Crippen LogP contribution < -0.4 is 5.32 Å². The molecule has 0 aliphatic rings. The second kappa shape index (κ2) is 7.65. The van der Waals surface area contributed by atoms with Crippen molar-refractivity contribution in [3.8, 4) is 0 Å². The molecule has 0 atom stereocenters. The molecule has 0 spiro atoms. The zero-order chi connectivity index (χ0) is 17.8. The van der Waals surface area contributed by atoms with E-state index in [4.69, 9.17) is 0 Å².